The zero-order valence-electron chi connectivity index (χ0n) is 16.5. The molecule has 0 radical (unpaired) electrons. The number of aromatic nitrogens is 3. The van der Waals surface area contributed by atoms with Gasteiger partial charge in [0.05, 0.1) is 12.2 Å². The number of pyridine rings is 1. The van der Waals surface area contributed by atoms with Crippen LogP contribution in [0.2, 0.25) is 0 Å². The second-order valence-corrected chi connectivity index (χ2v) is 7.23. The van der Waals surface area contributed by atoms with Crippen molar-refractivity contribution in [1.29, 1.82) is 0 Å². The standard InChI is InChI=1S/C20H30N6O/c1-15-4-6-18(7-5-15)27-19-12-16(8-10-22-19)13-23-20(21-2)24-14-17-9-11-25-26(17)3/h8-12,15,18H,4-7,13-14H2,1-3H3,(H2,21,23,24). The van der Waals surface area contributed by atoms with Crippen LogP contribution in [0.5, 0.6) is 5.88 Å². The third kappa shape index (κ3) is 5.70. The molecule has 3 rings (SSSR count). The molecule has 0 bridgehead atoms. The zero-order chi connectivity index (χ0) is 19.1. The van der Waals surface area contributed by atoms with Gasteiger partial charge in [-0.2, -0.15) is 5.10 Å². The summed E-state index contributed by atoms with van der Waals surface area (Å²) < 4.78 is 7.94. The van der Waals surface area contributed by atoms with E-state index in [4.69, 9.17) is 4.74 Å². The van der Waals surface area contributed by atoms with E-state index in [1.807, 2.05) is 36.1 Å². The average Bonchev–Trinajstić information content (AvgIpc) is 3.09. The molecular weight excluding hydrogens is 340 g/mol. The fraction of sp³-hybridized carbons (Fsp3) is 0.550. The van der Waals surface area contributed by atoms with Gasteiger partial charge in [0.1, 0.15) is 6.10 Å². The number of aliphatic imine (C=N–C) groups is 1. The Bertz CT molecular complexity index is 748. The molecule has 2 N–H and O–H groups in total. The van der Waals surface area contributed by atoms with Crippen molar-refractivity contribution >= 4 is 5.96 Å². The van der Waals surface area contributed by atoms with E-state index in [-0.39, 0.29) is 0 Å². The fourth-order valence-corrected chi connectivity index (χ4v) is 3.30. The van der Waals surface area contributed by atoms with Gasteiger partial charge >= 0.3 is 0 Å². The molecule has 2 aromatic rings. The van der Waals surface area contributed by atoms with Gasteiger partial charge in [-0.25, -0.2) is 4.98 Å². The number of aryl methyl sites for hydroxylation is 1. The van der Waals surface area contributed by atoms with Crippen LogP contribution < -0.4 is 15.4 Å². The summed E-state index contributed by atoms with van der Waals surface area (Å²) in [6.45, 7) is 3.64. The first kappa shape index (κ1) is 19.2. The van der Waals surface area contributed by atoms with Crippen LogP contribution in [0.3, 0.4) is 0 Å². The first-order valence-electron chi connectivity index (χ1n) is 9.67. The molecule has 2 heterocycles. The third-order valence-electron chi connectivity index (χ3n) is 5.09. The van der Waals surface area contributed by atoms with Crippen LogP contribution in [-0.2, 0) is 20.1 Å². The molecule has 1 saturated carbocycles. The molecule has 1 aliphatic carbocycles. The highest BCUT2D eigenvalue weighted by Gasteiger charge is 2.19. The summed E-state index contributed by atoms with van der Waals surface area (Å²) in [7, 11) is 3.70. The van der Waals surface area contributed by atoms with Gasteiger partial charge in [-0.05, 0) is 49.3 Å². The van der Waals surface area contributed by atoms with Crippen LogP contribution in [-0.4, -0.2) is 33.9 Å². The van der Waals surface area contributed by atoms with Crippen molar-refractivity contribution in [3.63, 3.8) is 0 Å². The van der Waals surface area contributed by atoms with Gasteiger partial charge in [0, 0.05) is 39.1 Å². The minimum absolute atomic E-state index is 0.297. The highest BCUT2D eigenvalue weighted by atomic mass is 16.5. The summed E-state index contributed by atoms with van der Waals surface area (Å²) in [4.78, 5) is 8.65. The Balaban J connectivity index is 1.49. The summed E-state index contributed by atoms with van der Waals surface area (Å²) >= 11 is 0. The van der Waals surface area contributed by atoms with Crippen molar-refractivity contribution in [3.8, 4) is 5.88 Å². The van der Waals surface area contributed by atoms with Gasteiger partial charge < -0.3 is 15.4 Å². The summed E-state index contributed by atoms with van der Waals surface area (Å²) in [5, 5.41) is 10.8. The Labute approximate surface area is 161 Å². The SMILES string of the molecule is CN=C(NCc1ccnc(OC2CCC(C)CC2)c1)NCc1ccnn1C. The molecule has 0 amide bonds. The Morgan fingerprint density at radius 3 is 2.67 bits per heavy atom. The van der Waals surface area contributed by atoms with Gasteiger partial charge in [-0.3, -0.25) is 9.67 Å². The molecule has 146 valence electrons. The number of hydrogen-bond acceptors (Lipinski definition) is 4. The van der Waals surface area contributed by atoms with Crippen LogP contribution in [0.25, 0.3) is 0 Å². The number of ether oxygens (including phenoxy) is 1. The predicted molar refractivity (Wildman–Crippen MR) is 107 cm³/mol. The number of rotatable bonds is 6. The summed E-state index contributed by atoms with van der Waals surface area (Å²) in [6.07, 6.45) is 8.62. The van der Waals surface area contributed by atoms with E-state index >= 15 is 0 Å². The quantitative estimate of drug-likeness (QED) is 0.604. The van der Waals surface area contributed by atoms with E-state index in [0.29, 0.717) is 25.1 Å². The lowest BCUT2D eigenvalue weighted by molar-refractivity contribution is 0.130. The Kier molecular flexibility index (Phi) is 6.68. The summed E-state index contributed by atoms with van der Waals surface area (Å²) in [6, 6.07) is 6.00. The minimum atomic E-state index is 0.297. The Hall–Kier alpha value is -2.57. The van der Waals surface area contributed by atoms with Gasteiger partial charge in [-0.1, -0.05) is 6.92 Å². The lowest BCUT2D eigenvalue weighted by atomic mass is 9.89. The maximum Gasteiger partial charge on any atom is 0.213 e. The molecule has 0 unspecified atom stereocenters. The number of nitrogens with zero attached hydrogens (tertiary/aromatic N) is 4. The van der Waals surface area contributed by atoms with Crippen molar-refractivity contribution in [3.05, 3.63) is 41.9 Å². The average molecular weight is 371 g/mol. The molecule has 0 spiro atoms. The highest BCUT2D eigenvalue weighted by molar-refractivity contribution is 5.79. The smallest absolute Gasteiger partial charge is 0.213 e. The van der Waals surface area contributed by atoms with Crippen LogP contribution in [0.15, 0.2) is 35.6 Å². The molecule has 27 heavy (non-hydrogen) atoms. The largest absolute Gasteiger partial charge is 0.474 e. The monoisotopic (exact) mass is 370 g/mol. The summed E-state index contributed by atoms with van der Waals surface area (Å²) in [5.74, 6) is 2.28. The number of guanidine groups is 1. The van der Waals surface area contributed by atoms with Crippen molar-refractivity contribution in [2.75, 3.05) is 7.05 Å². The van der Waals surface area contributed by atoms with E-state index in [0.717, 1.165) is 36.0 Å². The molecule has 1 aliphatic rings. The third-order valence-corrected chi connectivity index (χ3v) is 5.09. The van der Waals surface area contributed by atoms with Crippen LogP contribution >= 0.6 is 0 Å². The maximum absolute atomic E-state index is 6.09. The van der Waals surface area contributed by atoms with Crippen molar-refractivity contribution < 1.29 is 4.74 Å². The van der Waals surface area contributed by atoms with E-state index < -0.39 is 0 Å². The van der Waals surface area contributed by atoms with E-state index in [1.165, 1.54) is 12.8 Å². The normalized spacial score (nSPS) is 20.3. The number of hydrogen-bond donors (Lipinski definition) is 2. The Morgan fingerprint density at radius 1 is 1.19 bits per heavy atom. The molecule has 0 saturated heterocycles. The maximum atomic E-state index is 6.09. The van der Waals surface area contributed by atoms with Crippen molar-refractivity contribution in [2.24, 2.45) is 18.0 Å². The molecule has 7 nitrogen and oxygen atoms in total. The lowest BCUT2D eigenvalue weighted by Gasteiger charge is -2.26. The van der Waals surface area contributed by atoms with Crippen LogP contribution in [0.1, 0.15) is 43.9 Å². The van der Waals surface area contributed by atoms with Gasteiger partial charge in [0.15, 0.2) is 5.96 Å². The van der Waals surface area contributed by atoms with E-state index in [2.05, 4.69) is 32.6 Å². The van der Waals surface area contributed by atoms with E-state index in [1.54, 1.807) is 13.2 Å². The van der Waals surface area contributed by atoms with Crippen molar-refractivity contribution in [1.82, 2.24) is 25.4 Å². The second kappa shape index (κ2) is 9.39. The zero-order valence-corrected chi connectivity index (χ0v) is 16.5. The number of nitrogens with one attached hydrogen (secondary N) is 2. The molecule has 0 atom stereocenters. The van der Waals surface area contributed by atoms with Crippen LogP contribution in [0.4, 0.5) is 0 Å². The predicted octanol–water partition coefficient (Wildman–Crippen LogP) is 2.64. The first-order valence-corrected chi connectivity index (χ1v) is 9.67. The van der Waals surface area contributed by atoms with Gasteiger partial charge in [0.2, 0.25) is 5.88 Å². The molecule has 0 aliphatic heterocycles. The van der Waals surface area contributed by atoms with Gasteiger partial charge in [0.25, 0.3) is 0 Å². The highest BCUT2D eigenvalue weighted by Crippen LogP contribution is 2.26. The van der Waals surface area contributed by atoms with Crippen LogP contribution in [0, 0.1) is 5.92 Å². The molecule has 7 heteroatoms. The molecule has 2 aromatic heterocycles. The topological polar surface area (TPSA) is 76.4 Å². The van der Waals surface area contributed by atoms with E-state index in [9.17, 15) is 0 Å². The fourth-order valence-electron chi connectivity index (χ4n) is 3.30. The second-order valence-electron chi connectivity index (χ2n) is 7.23. The summed E-state index contributed by atoms with van der Waals surface area (Å²) in [5.41, 5.74) is 2.21. The van der Waals surface area contributed by atoms with Crippen molar-refractivity contribution in [2.45, 2.75) is 51.8 Å². The first-order chi connectivity index (χ1) is 13.1. The molecule has 1 fully saturated rings. The molecular formula is C20H30N6O. The molecule has 0 aromatic carbocycles. The Morgan fingerprint density at radius 2 is 1.96 bits per heavy atom. The minimum Gasteiger partial charge on any atom is -0.474 e. The van der Waals surface area contributed by atoms with Gasteiger partial charge in [-0.15, -0.1) is 0 Å². The lowest BCUT2D eigenvalue weighted by Crippen LogP contribution is -2.36.